The van der Waals surface area contributed by atoms with Gasteiger partial charge in [-0.25, -0.2) is 0 Å². The lowest BCUT2D eigenvalue weighted by Crippen LogP contribution is -1.95. The maximum atomic E-state index is 5.75. The van der Waals surface area contributed by atoms with E-state index in [-0.39, 0.29) is 0 Å². The molecule has 1 aromatic heterocycles. The number of benzene rings is 1. The van der Waals surface area contributed by atoms with Crippen LogP contribution in [0.25, 0.3) is 0 Å². The molecule has 0 saturated carbocycles. The minimum Gasteiger partial charge on any atom is -0.454 e. The van der Waals surface area contributed by atoms with E-state index in [4.69, 9.17) is 4.74 Å². The Kier molecular flexibility index (Phi) is 3.25. The average molecular weight is 216 g/mol. The lowest BCUT2D eigenvalue weighted by molar-refractivity contribution is 0.477. The van der Waals surface area contributed by atoms with Crippen molar-refractivity contribution >= 4 is 0 Å². The first kappa shape index (κ1) is 10.7. The Hall–Kier alpha value is -1.77. The first-order valence-electron chi connectivity index (χ1n) is 5.55. The van der Waals surface area contributed by atoms with Gasteiger partial charge in [0.15, 0.2) is 5.75 Å². The van der Waals surface area contributed by atoms with Gasteiger partial charge in [0.25, 0.3) is 0 Å². The molecule has 84 valence electrons. The SMILES string of the molecule is CCCn1cc(Oc2ccccc2C)cn1. The van der Waals surface area contributed by atoms with Crippen LogP contribution in [0.3, 0.4) is 0 Å². The lowest BCUT2D eigenvalue weighted by atomic mass is 10.2. The van der Waals surface area contributed by atoms with E-state index >= 15 is 0 Å². The van der Waals surface area contributed by atoms with Crippen LogP contribution in [0.4, 0.5) is 0 Å². The Balaban J connectivity index is 2.11. The molecule has 0 radical (unpaired) electrons. The number of rotatable bonds is 4. The molecule has 0 unspecified atom stereocenters. The van der Waals surface area contributed by atoms with Gasteiger partial charge in [0.05, 0.1) is 12.4 Å². The fourth-order valence-electron chi connectivity index (χ4n) is 1.55. The second-order valence-electron chi connectivity index (χ2n) is 3.81. The summed E-state index contributed by atoms with van der Waals surface area (Å²) in [6.07, 6.45) is 4.75. The van der Waals surface area contributed by atoms with E-state index in [9.17, 15) is 0 Å². The Morgan fingerprint density at radius 3 is 2.88 bits per heavy atom. The standard InChI is InChI=1S/C13H16N2O/c1-3-8-15-10-12(9-14-15)16-13-7-5-4-6-11(13)2/h4-7,9-10H,3,8H2,1-2H3. The number of aryl methyl sites for hydroxylation is 2. The lowest BCUT2D eigenvalue weighted by Gasteiger charge is -2.05. The van der Waals surface area contributed by atoms with E-state index in [0.29, 0.717) is 0 Å². The van der Waals surface area contributed by atoms with Gasteiger partial charge in [0, 0.05) is 6.54 Å². The van der Waals surface area contributed by atoms with Gasteiger partial charge in [-0.2, -0.15) is 5.10 Å². The van der Waals surface area contributed by atoms with Gasteiger partial charge in [-0.05, 0) is 25.0 Å². The summed E-state index contributed by atoms with van der Waals surface area (Å²) in [5, 5.41) is 4.22. The van der Waals surface area contributed by atoms with Crippen molar-refractivity contribution in [2.75, 3.05) is 0 Å². The predicted molar refractivity (Wildman–Crippen MR) is 63.8 cm³/mol. The fourth-order valence-corrected chi connectivity index (χ4v) is 1.55. The number of ether oxygens (including phenoxy) is 1. The first-order valence-corrected chi connectivity index (χ1v) is 5.55. The minimum atomic E-state index is 0.794. The van der Waals surface area contributed by atoms with Crippen LogP contribution >= 0.6 is 0 Å². The van der Waals surface area contributed by atoms with Gasteiger partial charge < -0.3 is 4.74 Å². The van der Waals surface area contributed by atoms with E-state index in [1.54, 1.807) is 6.20 Å². The second kappa shape index (κ2) is 4.84. The van der Waals surface area contributed by atoms with E-state index < -0.39 is 0 Å². The summed E-state index contributed by atoms with van der Waals surface area (Å²) in [7, 11) is 0. The van der Waals surface area contributed by atoms with Gasteiger partial charge in [-0.3, -0.25) is 4.68 Å². The van der Waals surface area contributed by atoms with Crippen LogP contribution in [0.5, 0.6) is 11.5 Å². The molecule has 0 atom stereocenters. The molecule has 1 heterocycles. The molecule has 0 aliphatic heterocycles. The normalized spacial score (nSPS) is 10.4. The molecule has 2 aromatic rings. The molecule has 0 amide bonds. The van der Waals surface area contributed by atoms with E-state index in [0.717, 1.165) is 30.0 Å². The monoisotopic (exact) mass is 216 g/mol. The van der Waals surface area contributed by atoms with Crippen molar-refractivity contribution in [2.45, 2.75) is 26.8 Å². The van der Waals surface area contributed by atoms with Crippen LogP contribution in [0, 0.1) is 6.92 Å². The molecule has 0 aliphatic carbocycles. The third-order valence-corrected chi connectivity index (χ3v) is 2.38. The molecule has 0 fully saturated rings. The highest BCUT2D eigenvalue weighted by Crippen LogP contribution is 2.23. The van der Waals surface area contributed by atoms with Crippen LogP contribution < -0.4 is 4.74 Å². The maximum Gasteiger partial charge on any atom is 0.165 e. The molecular formula is C13H16N2O. The van der Waals surface area contributed by atoms with E-state index in [1.165, 1.54) is 0 Å². The summed E-state index contributed by atoms with van der Waals surface area (Å²) in [6, 6.07) is 7.97. The van der Waals surface area contributed by atoms with E-state index in [2.05, 4.69) is 12.0 Å². The third kappa shape index (κ3) is 2.42. The van der Waals surface area contributed by atoms with Gasteiger partial charge in [-0.1, -0.05) is 25.1 Å². The van der Waals surface area contributed by atoms with Gasteiger partial charge in [0.2, 0.25) is 0 Å². The largest absolute Gasteiger partial charge is 0.454 e. The molecule has 0 aliphatic rings. The molecule has 2 rings (SSSR count). The number of hydrogen-bond acceptors (Lipinski definition) is 2. The van der Waals surface area contributed by atoms with Gasteiger partial charge in [-0.15, -0.1) is 0 Å². The highest BCUT2D eigenvalue weighted by molar-refractivity contribution is 5.35. The maximum absolute atomic E-state index is 5.75. The van der Waals surface area contributed by atoms with Crippen molar-refractivity contribution < 1.29 is 4.74 Å². The molecule has 1 aromatic carbocycles. The summed E-state index contributed by atoms with van der Waals surface area (Å²) >= 11 is 0. The zero-order valence-corrected chi connectivity index (χ0v) is 9.68. The van der Waals surface area contributed by atoms with Gasteiger partial charge in [0.1, 0.15) is 5.75 Å². The summed E-state index contributed by atoms with van der Waals surface area (Å²) in [4.78, 5) is 0. The Morgan fingerprint density at radius 2 is 2.12 bits per heavy atom. The quantitative estimate of drug-likeness (QED) is 0.783. The molecule has 0 spiro atoms. The number of aromatic nitrogens is 2. The van der Waals surface area contributed by atoms with E-state index in [1.807, 2.05) is 42.1 Å². The molecule has 3 heteroatoms. The van der Waals surface area contributed by atoms with Crippen molar-refractivity contribution in [3.8, 4) is 11.5 Å². The van der Waals surface area contributed by atoms with Crippen LogP contribution in [0.15, 0.2) is 36.7 Å². The topological polar surface area (TPSA) is 27.1 Å². The predicted octanol–water partition coefficient (Wildman–Crippen LogP) is 3.39. The average Bonchev–Trinajstić information content (AvgIpc) is 2.70. The molecule has 0 bridgehead atoms. The van der Waals surface area contributed by atoms with Crippen LogP contribution in [-0.2, 0) is 6.54 Å². The minimum absolute atomic E-state index is 0.794. The van der Waals surface area contributed by atoms with Crippen molar-refractivity contribution in [2.24, 2.45) is 0 Å². The summed E-state index contributed by atoms with van der Waals surface area (Å²) in [5.41, 5.74) is 1.13. The molecule has 3 nitrogen and oxygen atoms in total. The number of nitrogens with zero attached hydrogens (tertiary/aromatic N) is 2. The highest BCUT2D eigenvalue weighted by atomic mass is 16.5. The highest BCUT2D eigenvalue weighted by Gasteiger charge is 2.02. The molecular weight excluding hydrogens is 200 g/mol. The van der Waals surface area contributed by atoms with Crippen molar-refractivity contribution in [3.63, 3.8) is 0 Å². The van der Waals surface area contributed by atoms with Crippen molar-refractivity contribution in [1.29, 1.82) is 0 Å². The third-order valence-electron chi connectivity index (χ3n) is 2.38. The van der Waals surface area contributed by atoms with Gasteiger partial charge >= 0.3 is 0 Å². The molecule has 16 heavy (non-hydrogen) atoms. The first-order chi connectivity index (χ1) is 7.79. The molecule has 0 saturated heterocycles. The van der Waals surface area contributed by atoms with Crippen molar-refractivity contribution in [1.82, 2.24) is 9.78 Å². The van der Waals surface area contributed by atoms with Crippen LogP contribution in [-0.4, -0.2) is 9.78 Å². The summed E-state index contributed by atoms with van der Waals surface area (Å²) in [5.74, 6) is 1.68. The fraction of sp³-hybridized carbons (Fsp3) is 0.308. The zero-order chi connectivity index (χ0) is 11.4. The zero-order valence-electron chi connectivity index (χ0n) is 9.68. The Bertz CT molecular complexity index is 462. The Morgan fingerprint density at radius 1 is 1.31 bits per heavy atom. The summed E-state index contributed by atoms with van der Waals surface area (Å²) < 4.78 is 7.65. The molecule has 0 N–H and O–H groups in total. The van der Waals surface area contributed by atoms with Crippen LogP contribution in [0.2, 0.25) is 0 Å². The smallest absolute Gasteiger partial charge is 0.165 e. The second-order valence-corrected chi connectivity index (χ2v) is 3.81. The number of hydrogen-bond donors (Lipinski definition) is 0. The van der Waals surface area contributed by atoms with Crippen LogP contribution in [0.1, 0.15) is 18.9 Å². The summed E-state index contributed by atoms with van der Waals surface area (Å²) in [6.45, 7) is 5.09. The van der Waals surface area contributed by atoms with Crippen molar-refractivity contribution in [3.05, 3.63) is 42.2 Å². The Labute approximate surface area is 95.7 Å². The number of para-hydroxylation sites is 1.